The van der Waals surface area contributed by atoms with Crippen LogP contribution in [0.4, 0.5) is 4.39 Å². The standard InChI is InChI=1S/C23H24ClFN2O2/c1-26(16-19-20(24)8-5-9-21(19)25)23(29)18-12-14-27(15-13-18)22(28)11-10-17-6-3-2-4-7-17/h2-11,18H,12-16H2,1H3/b11-10+. The maximum absolute atomic E-state index is 14.0. The number of hydrogen-bond donors (Lipinski definition) is 0. The fourth-order valence-electron chi connectivity index (χ4n) is 3.49. The SMILES string of the molecule is CN(Cc1c(F)cccc1Cl)C(=O)C1CCN(C(=O)/C=C/c2ccccc2)CC1. The third-order valence-corrected chi connectivity index (χ3v) is 5.56. The molecule has 1 aliphatic heterocycles. The third kappa shape index (κ3) is 5.45. The Morgan fingerprint density at radius 3 is 2.48 bits per heavy atom. The van der Waals surface area contributed by atoms with Gasteiger partial charge in [-0.05, 0) is 36.6 Å². The summed E-state index contributed by atoms with van der Waals surface area (Å²) in [6.45, 7) is 1.19. The predicted octanol–water partition coefficient (Wildman–Crippen LogP) is 4.39. The van der Waals surface area contributed by atoms with Crippen LogP contribution in [0, 0.1) is 11.7 Å². The average Bonchev–Trinajstić information content (AvgIpc) is 2.75. The molecule has 0 saturated carbocycles. The molecule has 152 valence electrons. The van der Waals surface area contributed by atoms with Crippen molar-refractivity contribution in [1.29, 1.82) is 0 Å². The van der Waals surface area contributed by atoms with Crippen molar-refractivity contribution in [3.05, 3.63) is 76.6 Å². The molecular formula is C23H24ClFN2O2. The highest BCUT2D eigenvalue weighted by molar-refractivity contribution is 6.31. The molecule has 3 rings (SSSR count). The topological polar surface area (TPSA) is 40.6 Å². The Morgan fingerprint density at radius 1 is 1.14 bits per heavy atom. The van der Waals surface area contributed by atoms with Crippen LogP contribution >= 0.6 is 11.6 Å². The molecule has 2 amide bonds. The normalized spacial score (nSPS) is 14.9. The van der Waals surface area contributed by atoms with Gasteiger partial charge in [0, 0.05) is 49.3 Å². The molecule has 1 saturated heterocycles. The Kier molecular flexibility index (Phi) is 7.04. The minimum Gasteiger partial charge on any atom is -0.341 e. The van der Waals surface area contributed by atoms with Crippen LogP contribution in [0.15, 0.2) is 54.6 Å². The van der Waals surface area contributed by atoms with Crippen molar-refractivity contribution >= 4 is 29.5 Å². The summed E-state index contributed by atoms with van der Waals surface area (Å²) in [6, 6.07) is 14.1. The number of likely N-dealkylation sites (tertiary alicyclic amines) is 1. The summed E-state index contributed by atoms with van der Waals surface area (Å²) >= 11 is 6.06. The smallest absolute Gasteiger partial charge is 0.246 e. The largest absolute Gasteiger partial charge is 0.341 e. The number of carbonyl (C=O) groups is 2. The van der Waals surface area contributed by atoms with E-state index in [9.17, 15) is 14.0 Å². The van der Waals surface area contributed by atoms with E-state index >= 15 is 0 Å². The van der Waals surface area contributed by atoms with E-state index in [4.69, 9.17) is 11.6 Å². The van der Waals surface area contributed by atoms with Crippen molar-refractivity contribution in [2.24, 2.45) is 5.92 Å². The molecule has 2 aromatic carbocycles. The van der Waals surface area contributed by atoms with Gasteiger partial charge in [-0.1, -0.05) is 48.0 Å². The van der Waals surface area contributed by atoms with Gasteiger partial charge >= 0.3 is 0 Å². The number of piperidine rings is 1. The highest BCUT2D eigenvalue weighted by atomic mass is 35.5. The molecule has 29 heavy (non-hydrogen) atoms. The predicted molar refractivity (Wildman–Crippen MR) is 113 cm³/mol. The Balaban J connectivity index is 1.52. The van der Waals surface area contributed by atoms with Crippen LogP contribution in [0.5, 0.6) is 0 Å². The second-order valence-corrected chi connectivity index (χ2v) is 7.65. The van der Waals surface area contributed by atoms with Gasteiger partial charge in [0.05, 0.1) is 0 Å². The first kappa shape index (κ1) is 21.1. The lowest BCUT2D eigenvalue weighted by molar-refractivity contribution is -0.138. The number of rotatable bonds is 5. The summed E-state index contributed by atoms with van der Waals surface area (Å²) in [5, 5.41) is 0.315. The molecule has 0 atom stereocenters. The van der Waals surface area contributed by atoms with E-state index in [0.29, 0.717) is 36.5 Å². The summed E-state index contributed by atoms with van der Waals surface area (Å²) in [5.74, 6) is -0.682. The molecule has 0 radical (unpaired) electrons. The zero-order chi connectivity index (χ0) is 20.8. The monoisotopic (exact) mass is 414 g/mol. The van der Waals surface area contributed by atoms with E-state index in [1.165, 1.54) is 11.0 Å². The molecule has 1 fully saturated rings. The van der Waals surface area contributed by atoms with Crippen molar-refractivity contribution in [3.8, 4) is 0 Å². The molecule has 0 bridgehead atoms. The highest BCUT2D eigenvalue weighted by Crippen LogP contribution is 2.24. The first-order valence-electron chi connectivity index (χ1n) is 9.65. The Hall–Kier alpha value is -2.66. The molecule has 0 aliphatic carbocycles. The number of nitrogens with zero attached hydrogens (tertiary/aromatic N) is 2. The molecular weight excluding hydrogens is 391 g/mol. The minimum atomic E-state index is -0.414. The summed E-state index contributed by atoms with van der Waals surface area (Å²) in [4.78, 5) is 28.4. The van der Waals surface area contributed by atoms with Crippen LogP contribution in [0.25, 0.3) is 6.08 Å². The second kappa shape index (κ2) is 9.70. The van der Waals surface area contributed by atoms with E-state index < -0.39 is 5.82 Å². The van der Waals surface area contributed by atoms with Crippen molar-refractivity contribution in [2.45, 2.75) is 19.4 Å². The Labute approximate surface area is 175 Å². The van der Waals surface area contributed by atoms with E-state index in [-0.39, 0.29) is 24.3 Å². The molecule has 2 aromatic rings. The minimum absolute atomic E-state index is 0.0451. The number of amides is 2. The van der Waals surface area contributed by atoms with E-state index in [1.807, 2.05) is 30.3 Å². The van der Waals surface area contributed by atoms with Gasteiger partial charge < -0.3 is 9.80 Å². The van der Waals surface area contributed by atoms with Gasteiger partial charge in [0.15, 0.2) is 0 Å². The van der Waals surface area contributed by atoms with Gasteiger partial charge in [-0.25, -0.2) is 4.39 Å². The summed E-state index contributed by atoms with van der Waals surface area (Å²) < 4.78 is 14.0. The van der Waals surface area contributed by atoms with E-state index in [2.05, 4.69) is 0 Å². The third-order valence-electron chi connectivity index (χ3n) is 5.21. The van der Waals surface area contributed by atoms with Gasteiger partial charge in [0.1, 0.15) is 5.82 Å². The van der Waals surface area contributed by atoms with Gasteiger partial charge in [0.25, 0.3) is 0 Å². The molecule has 0 N–H and O–H groups in total. The van der Waals surface area contributed by atoms with Gasteiger partial charge in [0.2, 0.25) is 11.8 Å². The summed E-state index contributed by atoms with van der Waals surface area (Å²) in [5.41, 5.74) is 1.29. The van der Waals surface area contributed by atoms with E-state index in [1.54, 1.807) is 36.2 Å². The molecule has 6 heteroatoms. The maximum Gasteiger partial charge on any atom is 0.246 e. The van der Waals surface area contributed by atoms with E-state index in [0.717, 1.165) is 5.56 Å². The zero-order valence-corrected chi connectivity index (χ0v) is 17.1. The molecule has 0 unspecified atom stereocenters. The number of carbonyl (C=O) groups excluding carboxylic acids is 2. The lowest BCUT2D eigenvalue weighted by Gasteiger charge is -2.32. The fourth-order valence-corrected chi connectivity index (χ4v) is 3.72. The zero-order valence-electron chi connectivity index (χ0n) is 16.4. The fraction of sp³-hybridized carbons (Fsp3) is 0.304. The van der Waals surface area contributed by atoms with Crippen molar-refractivity contribution < 1.29 is 14.0 Å². The summed E-state index contributed by atoms with van der Waals surface area (Å²) in [6.07, 6.45) is 4.56. The summed E-state index contributed by atoms with van der Waals surface area (Å²) in [7, 11) is 1.66. The van der Waals surface area contributed by atoms with Crippen molar-refractivity contribution in [1.82, 2.24) is 9.80 Å². The first-order chi connectivity index (χ1) is 14.0. The van der Waals surface area contributed by atoms with Crippen LogP contribution in [0.2, 0.25) is 5.02 Å². The molecule has 4 nitrogen and oxygen atoms in total. The lowest BCUT2D eigenvalue weighted by atomic mass is 9.95. The highest BCUT2D eigenvalue weighted by Gasteiger charge is 2.29. The Morgan fingerprint density at radius 2 is 1.83 bits per heavy atom. The number of halogens is 2. The maximum atomic E-state index is 14.0. The van der Waals surface area contributed by atoms with Crippen molar-refractivity contribution in [2.75, 3.05) is 20.1 Å². The van der Waals surface area contributed by atoms with Gasteiger partial charge in [-0.3, -0.25) is 9.59 Å². The molecule has 0 spiro atoms. The van der Waals surface area contributed by atoms with Gasteiger partial charge in [-0.2, -0.15) is 0 Å². The molecule has 0 aromatic heterocycles. The average molecular weight is 415 g/mol. The number of hydrogen-bond acceptors (Lipinski definition) is 2. The van der Waals surface area contributed by atoms with Crippen molar-refractivity contribution in [3.63, 3.8) is 0 Å². The number of benzene rings is 2. The van der Waals surface area contributed by atoms with Crippen LogP contribution in [-0.2, 0) is 16.1 Å². The van der Waals surface area contributed by atoms with Crippen LogP contribution in [0.1, 0.15) is 24.0 Å². The molecule has 1 heterocycles. The Bertz CT molecular complexity index is 873. The first-order valence-corrected chi connectivity index (χ1v) is 10.0. The van der Waals surface area contributed by atoms with Gasteiger partial charge in [-0.15, -0.1) is 0 Å². The van der Waals surface area contributed by atoms with Crippen LogP contribution in [-0.4, -0.2) is 41.8 Å². The second-order valence-electron chi connectivity index (χ2n) is 7.24. The molecule has 1 aliphatic rings. The van der Waals surface area contributed by atoms with Crippen LogP contribution < -0.4 is 0 Å². The van der Waals surface area contributed by atoms with Crippen LogP contribution in [0.3, 0.4) is 0 Å². The lowest BCUT2D eigenvalue weighted by Crippen LogP contribution is -2.43. The quantitative estimate of drug-likeness (QED) is 0.681.